The minimum absolute atomic E-state index is 0.340. The van der Waals surface area contributed by atoms with E-state index >= 15 is 0 Å². The first kappa shape index (κ1) is 17.1. The molecule has 0 bridgehead atoms. The van der Waals surface area contributed by atoms with Crippen LogP contribution in [0.3, 0.4) is 0 Å². The van der Waals surface area contributed by atoms with Crippen LogP contribution in [0.2, 0.25) is 0 Å². The van der Waals surface area contributed by atoms with Crippen molar-refractivity contribution in [3.05, 3.63) is 83.7 Å². The minimum atomic E-state index is -0.470. The van der Waals surface area contributed by atoms with Crippen molar-refractivity contribution in [3.63, 3.8) is 0 Å². The van der Waals surface area contributed by atoms with Gasteiger partial charge in [-0.15, -0.1) is 0 Å². The molecule has 1 N–H and O–H groups in total. The second kappa shape index (κ2) is 7.45. The maximum Gasteiger partial charge on any atom is 0.248 e. The normalized spacial score (nSPS) is 10.7. The van der Waals surface area contributed by atoms with E-state index in [1.165, 1.54) is 12.1 Å². The molecule has 1 heterocycles. The van der Waals surface area contributed by atoms with Crippen molar-refractivity contribution in [3.8, 4) is 11.8 Å². The lowest BCUT2D eigenvalue weighted by atomic mass is 10.1. The van der Waals surface area contributed by atoms with E-state index in [9.17, 15) is 9.18 Å². The van der Waals surface area contributed by atoms with E-state index in [0.29, 0.717) is 28.3 Å². The molecule has 128 valence electrons. The fourth-order valence-corrected chi connectivity index (χ4v) is 2.51. The average molecular weight is 346 g/mol. The lowest BCUT2D eigenvalue weighted by Gasteiger charge is -2.09. The number of hydrogen-bond acceptors (Lipinski definition) is 3. The molecule has 26 heavy (non-hydrogen) atoms. The highest BCUT2D eigenvalue weighted by Gasteiger charge is 2.09. The molecule has 3 aromatic rings. The molecular weight excluding hydrogens is 331 g/mol. The number of aryl methyl sites for hydroxylation is 1. The maximum absolute atomic E-state index is 14.3. The van der Waals surface area contributed by atoms with Gasteiger partial charge in [-0.1, -0.05) is 18.2 Å². The van der Waals surface area contributed by atoms with Gasteiger partial charge in [0.15, 0.2) is 0 Å². The summed E-state index contributed by atoms with van der Waals surface area (Å²) in [6, 6.07) is 13.5. The second-order valence-electron chi connectivity index (χ2n) is 5.53. The number of amides is 1. The predicted molar refractivity (Wildman–Crippen MR) is 97.1 cm³/mol. The largest absolute Gasteiger partial charge is 0.322 e. The van der Waals surface area contributed by atoms with Gasteiger partial charge in [0.25, 0.3) is 0 Å². The molecule has 0 fully saturated rings. The number of nitrogens with zero attached hydrogens (tertiary/aromatic N) is 3. The molecule has 0 saturated carbocycles. The van der Waals surface area contributed by atoms with E-state index in [2.05, 4.69) is 16.4 Å². The fourth-order valence-electron chi connectivity index (χ4n) is 2.51. The summed E-state index contributed by atoms with van der Waals surface area (Å²) in [5.74, 6) is -0.216. The standard InChI is InChI=1S/C20H15FN4O/c1-14-23-10-11-25(14)19-8-7-17(12-18(19)21)24-20(26)9-6-15-4-2-3-5-16(15)13-22/h2-12H,1H3,(H,24,26)/b9-6+. The third kappa shape index (κ3) is 3.68. The summed E-state index contributed by atoms with van der Waals surface area (Å²) in [7, 11) is 0. The van der Waals surface area contributed by atoms with Crippen LogP contribution < -0.4 is 5.32 Å². The molecule has 0 atom stereocenters. The number of halogens is 1. The Balaban J connectivity index is 1.74. The number of nitrogens with one attached hydrogen (secondary N) is 1. The molecule has 2 aromatic carbocycles. The number of anilines is 1. The summed E-state index contributed by atoms with van der Waals surface area (Å²) in [4.78, 5) is 16.1. The quantitative estimate of drug-likeness (QED) is 0.730. The fraction of sp³-hybridized carbons (Fsp3) is 0.0500. The van der Waals surface area contributed by atoms with Crippen LogP contribution in [0, 0.1) is 24.1 Å². The average Bonchev–Trinajstić information content (AvgIpc) is 3.06. The second-order valence-corrected chi connectivity index (χ2v) is 5.53. The number of hydrogen-bond donors (Lipinski definition) is 1. The molecule has 0 aliphatic heterocycles. The molecule has 6 heteroatoms. The molecule has 1 amide bonds. The lowest BCUT2D eigenvalue weighted by Crippen LogP contribution is -2.09. The highest BCUT2D eigenvalue weighted by molar-refractivity contribution is 6.02. The van der Waals surface area contributed by atoms with Crippen LogP contribution in [0.5, 0.6) is 0 Å². The van der Waals surface area contributed by atoms with Crippen LogP contribution in [0.25, 0.3) is 11.8 Å². The zero-order valence-corrected chi connectivity index (χ0v) is 14.0. The Morgan fingerprint density at radius 2 is 2.12 bits per heavy atom. The van der Waals surface area contributed by atoms with E-state index in [4.69, 9.17) is 5.26 Å². The Hall–Kier alpha value is -3.72. The molecule has 5 nitrogen and oxygen atoms in total. The summed E-state index contributed by atoms with van der Waals surface area (Å²) in [5.41, 5.74) is 1.81. The molecule has 0 aliphatic carbocycles. The molecule has 1 aromatic heterocycles. The molecule has 0 radical (unpaired) electrons. The number of aromatic nitrogens is 2. The van der Waals surface area contributed by atoms with Gasteiger partial charge < -0.3 is 9.88 Å². The summed E-state index contributed by atoms with van der Waals surface area (Å²) < 4.78 is 16.0. The van der Waals surface area contributed by atoms with Gasteiger partial charge in [0.05, 0.1) is 17.3 Å². The van der Waals surface area contributed by atoms with Crippen LogP contribution in [-0.2, 0) is 4.79 Å². The van der Waals surface area contributed by atoms with Crippen molar-refractivity contribution in [2.24, 2.45) is 0 Å². The Bertz CT molecular complexity index is 1030. The van der Waals surface area contributed by atoms with Crippen molar-refractivity contribution in [1.82, 2.24) is 9.55 Å². The zero-order valence-electron chi connectivity index (χ0n) is 14.0. The highest BCUT2D eigenvalue weighted by Crippen LogP contribution is 2.19. The Morgan fingerprint density at radius 3 is 2.81 bits per heavy atom. The van der Waals surface area contributed by atoms with Crippen molar-refractivity contribution in [2.75, 3.05) is 5.32 Å². The van der Waals surface area contributed by atoms with Crippen LogP contribution in [-0.4, -0.2) is 15.5 Å². The lowest BCUT2D eigenvalue weighted by molar-refractivity contribution is -0.111. The van der Waals surface area contributed by atoms with E-state index in [1.807, 2.05) is 0 Å². The molecule has 0 spiro atoms. The van der Waals surface area contributed by atoms with Crippen molar-refractivity contribution in [2.45, 2.75) is 6.92 Å². The van der Waals surface area contributed by atoms with Crippen molar-refractivity contribution in [1.29, 1.82) is 5.26 Å². The summed E-state index contributed by atoms with van der Waals surface area (Å²) in [5, 5.41) is 11.6. The summed E-state index contributed by atoms with van der Waals surface area (Å²) >= 11 is 0. The van der Waals surface area contributed by atoms with Crippen molar-refractivity contribution >= 4 is 17.7 Å². The van der Waals surface area contributed by atoms with Gasteiger partial charge in [-0.3, -0.25) is 4.79 Å². The first-order chi connectivity index (χ1) is 12.6. The van der Waals surface area contributed by atoms with E-state index in [1.54, 1.807) is 66.4 Å². The van der Waals surface area contributed by atoms with Crippen LogP contribution in [0.1, 0.15) is 17.0 Å². The maximum atomic E-state index is 14.3. The Kier molecular flexibility index (Phi) is 4.90. The number of imidazole rings is 1. The van der Waals surface area contributed by atoms with Gasteiger partial charge in [0, 0.05) is 24.2 Å². The smallest absolute Gasteiger partial charge is 0.248 e. The highest BCUT2D eigenvalue weighted by atomic mass is 19.1. The van der Waals surface area contributed by atoms with Gasteiger partial charge in [0.1, 0.15) is 11.6 Å². The Labute approximate surface area is 150 Å². The van der Waals surface area contributed by atoms with Gasteiger partial charge in [-0.25, -0.2) is 9.37 Å². The monoisotopic (exact) mass is 346 g/mol. The number of carbonyl (C=O) groups is 1. The topological polar surface area (TPSA) is 70.7 Å². The van der Waals surface area contributed by atoms with Crippen LogP contribution in [0.4, 0.5) is 10.1 Å². The molecular formula is C20H15FN4O. The first-order valence-electron chi connectivity index (χ1n) is 7.86. The van der Waals surface area contributed by atoms with Gasteiger partial charge in [-0.2, -0.15) is 5.26 Å². The SMILES string of the molecule is Cc1nccn1-c1ccc(NC(=O)/C=C/c2ccccc2C#N)cc1F. The molecule has 0 unspecified atom stereocenters. The predicted octanol–water partition coefficient (Wildman–Crippen LogP) is 3.84. The van der Waals surface area contributed by atoms with Crippen LogP contribution >= 0.6 is 0 Å². The van der Waals surface area contributed by atoms with E-state index in [-0.39, 0.29) is 0 Å². The van der Waals surface area contributed by atoms with Gasteiger partial charge >= 0.3 is 0 Å². The Morgan fingerprint density at radius 1 is 1.31 bits per heavy atom. The van der Waals surface area contributed by atoms with Crippen molar-refractivity contribution < 1.29 is 9.18 Å². The third-order valence-corrected chi connectivity index (χ3v) is 3.80. The third-order valence-electron chi connectivity index (χ3n) is 3.80. The number of rotatable bonds is 4. The van der Waals surface area contributed by atoms with Gasteiger partial charge in [0.2, 0.25) is 5.91 Å². The summed E-state index contributed by atoms with van der Waals surface area (Å²) in [6.07, 6.45) is 6.12. The minimum Gasteiger partial charge on any atom is -0.322 e. The zero-order chi connectivity index (χ0) is 18.5. The van der Waals surface area contributed by atoms with Crippen LogP contribution in [0.15, 0.2) is 60.9 Å². The number of nitriles is 1. The first-order valence-corrected chi connectivity index (χ1v) is 7.86. The molecule has 0 aliphatic rings. The molecule has 3 rings (SSSR count). The summed E-state index contributed by atoms with van der Waals surface area (Å²) in [6.45, 7) is 1.78. The van der Waals surface area contributed by atoms with Gasteiger partial charge in [-0.05, 0) is 42.8 Å². The number of carbonyl (C=O) groups excluding carboxylic acids is 1. The van der Waals surface area contributed by atoms with E-state index in [0.717, 1.165) is 0 Å². The number of benzene rings is 2. The molecule has 0 saturated heterocycles. The van der Waals surface area contributed by atoms with E-state index < -0.39 is 11.7 Å².